The second-order valence-electron chi connectivity index (χ2n) is 7.55. The molecule has 0 saturated heterocycles. The molecule has 32 heavy (non-hydrogen) atoms. The van der Waals surface area contributed by atoms with Gasteiger partial charge in [-0.15, -0.1) is 0 Å². The van der Waals surface area contributed by atoms with E-state index in [-0.39, 0.29) is 17.0 Å². The number of aromatic nitrogens is 1. The first-order valence-corrected chi connectivity index (χ1v) is 11.8. The molecule has 0 saturated carbocycles. The molecule has 9 heteroatoms. The molecule has 2 aromatic carbocycles. The smallest absolute Gasteiger partial charge is 0.248 e. The summed E-state index contributed by atoms with van der Waals surface area (Å²) in [6, 6.07) is 13.1. The Morgan fingerprint density at radius 3 is 2.41 bits per heavy atom. The van der Waals surface area contributed by atoms with Crippen molar-refractivity contribution in [2.45, 2.75) is 25.7 Å². The third kappa shape index (κ3) is 5.00. The van der Waals surface area contributed by atoms with E-state index in [1.54, 1.807) is 12.1 Å². The Hall–Kier alpha value is -3.17. The van der Waals surface area contributed by atoms with Crippen LogP contribution >= 0.6 is 0 Å². The molecule has 3 aromatic rings. The van der Waals surface area contributed by atoms with Crippen LogP contribution in [0.3, 0.4) is 0 Å². The maximum atomic E-state index is 13.0. The summed E-state index contributed by atoms with van der Waals surface area (Å²) in [7, 11) is -2.53. The van der Waals surface area contributed by atoms with Crippen molar-refractivity contribution in [2.24, 2.45) is 0 Å². The van der Waals surface area contributed by atoms with Gasteiger partial charge >= 0.3 is 0 Å². The lowest BCUT2D eigenvalue weighted by Crippen LogP contribution is -2.35. The van der Waals surface area contributed by atoms with Crippen LogP contribution in [0, 0.1) is 6.92 Å². The summed E-state index contributed by atoms with van der Waals surface area (Å²) in [4.78, 5) is 28.9. The summed E-state index contributed by atoms with van der Waals surface area (Å²) in [5.41, 5.74) is 2.90. The van der Waals surface area contributed by atoms with Gasteiger partial charge in [0.1, 0.15) is 0 Å². The van der Waals surface area contributed by atoms with E-state index in [1.165, 1.54) is 25.2 Å². The average Bonchev–Trinajstić information content (AvgIpc) is 2.75. The van der Waals surface area contributed by atoms with Crippen molar-refractivity contribution >= 4 is 38.2 Å². The molecule has 170 valence electrons. The van der Waals surface area contributed by atoms with Crippen LogP contribution in [0.1, 0.15) is 19.4 Å². The van der Waals surface area contributed by atoms with Crippen LogP contribution in [0.4, 0.5) is 11.4 Å². The summed E-state index contributed by atoms with van der Waals surface area (Å²) in [6.07, 6.45) is 0. The Morgan fingerprint density at radius 1 is 1.03 bits per heavy atom. The number of aryl methyl sites for hydroxylation is 1. The van der Waals surface area contributed by atoms with Gasteiger partial charge in [0.05, 0.1) is 11.4 Å². The minimum absolute atomic E-state index is 0.0482. The van der Waals surface area contributed by atoms with Gasteiger partial charge < -0.3 is 15.2 Å². The molecule has 1 heterocycles. The Kier molecular flexibility index (Phi) is 7.00. The Balaban J connectivity index is 1.73. The van der Waals surface area contributed by atoms with Crippen molar-refractivity contribution in [1.29, 1.82) is 0 Å². The van der Waals surface area contributed by atoms with E-state index in [0.29, 0.717) is 16.6 Å². The fourth-order valence-electron chi connectivity index (χ4n) is 3.52. The minimum Gasteiger partial charge on any atom is -0.372 e. The van der Waals surface area contributed by atoms with E-state index < -0.39 is 15.9 Å². The van der Waals surface area contributed by atoms with Gasteiger partial charge in [0, 0.05) is 43.1 Å². The summed E-state index contributed by atoms with van der Waals surface area (Å²) in [5, 5.41) is 3.39. The Morgan fingerprint density at radius 2 is 1.75 bits per heavy atom. The molecular formula is C23H28N4O4S. The zero-order chi connectivity index (χ0) is 23.5. The number of aromatic amines is 1. The van der Waals surface area contributed by atoms with Crippen molar-refractivity contribution in [3.63, 3.8) is 0 Å². The fraction of sp³-hybridized carbons (Fsp3) is 0.304. The number of fused-ring (bicyclic) bond motifs is 1. The van der Waals surface area contributed by atoms with E-state index in [1.807, 2.05) is 25.1 Å². The first-order chi connectivity index (χ1) is 15.1. The standard InChI is InChI=1S/C23H28N4O4S/c1-5-27(6-2)18-8-10-20(16(3)13-18)24-23(29)15-26(4)32(30,31)19-9-11-21-17(14-19)7-12-22(28)25-21/h7-14H,5-6,15H2,1-4H3,(H,24,29)(H,25,28). The van der Waals surface area contributed by atoms with Crippen molar-refractivity contribution < 1.29 is 13.2 Å². The topological polar surface area (TPSA) is 103 Å². The van der Waals surface area contributed by atoms with Crippen LogP contribution in [-0.4, -0.2) is 50.3 Å². The number of likely N-dealkylation sites (N-methyl/N-ethyl adjacent to an activating group) is 1. The molecule has 0 aliphatic carbocycles. The van der Waals surface area contributed by atoms with Crippen LogP contribution in [0.15, 0.2) is 58.2 Å². The van der Waals surface area contributed by atoms with Gasteiger partial charge in [-0.3, -0.25) is 9.59 Å². The molecule has 0 bridgehead atoms. The van der Waals surface area contributed by atoms with E-state index in [2.05, 4.69) is 29.0 Å². The van der Waals surface area contributed by atoms with Gasteiger partial charge in [-0.1, -0.05) is 0 Å². The quantitative estimate of drug-likeness (QED) is 0.543. The second-order valence-corrected chi connectivity index (χ2v) is 9.60. The Bertz CT molecular complexity index is 1300. The van der Waals surface area contributed by atoms with Gasteiger partial charge in [0.15, 0.2) is 0 Å². The number of anilines is 2. The number of hydrogen-bond acceptors (Lipinski definition) is 5. The highest BCUT2D eigenvalue weighted by Gasteiger charge is 2.23. The molecule has 0 aliphatic heterocycles. The number of nitrogens with zero attached hydrogens (tertiary/aromatic N) is 2. The van der Waals surface area contributed by atoms with Gasteiger partial charge in [-0.05, 0) is 74.2 Å². The van der Waals surface area contributed by atoms with Crippen LogP contribution < -0.4 is 15.8 Å². The highest BCUT2D eigenvalue weighted by atomic mass is 32.2. The van der Waals surface area contributed by atoms with E-state index in [4.69, 9.17) is 0 Å². The van der Waals surface area contributed by atoms with Crippen molar-refractivity contribution in [2.75, 3.05) is 36.9 Å². The molecular weight excluding hydrogens is 428 g/mol. The average molecular weight is 457 g/mol. The van der Waals surface area contributed by atoms with Crippen LogP contribution in [0.5, 0.6) is 0 Å². The summed E-state index contributed by atoms with van der Waals surface area (Å²) >= 11 is 0. The maximum Gasteiger partial charge on any atom is 0.248 e. The number of nitrogens with one attached hydrogen (secondary N) is 2. The number of carbonyl (C=O) groups is 1. The summed E-state index contributed by atoms with van der Waals surface area (Å²) in [6.45, 7) is 7.51. The number of hydrogen-bond donors (Lipinski definition) is 2. The number of carbonyl (C=O) groups excluding carboxylic acids is 1. The highest BCUT2D eigenvalue weighted by molar-refractivity contribution is 7.89. The molecule has 8 nitrogen and oxygen atoms in total. The molecule has 2 N–H and O–H groups in total. The molecule has 0 unspecified atom stereocenters. The largest absolute Gasteiger partial charge is 0.372 e. The normalized spacial score (nSPS) is 11.7. The van der Waals surface area contributed by atoms with Crippen molar-refractivity contribution in [3.8, 4) is 0 Å². The molecule has 3 rings (SSSR count). The monoisotopic (exact) mass is 456 g/mol. The third-order valence-corrected chi connectivity index (χ3v) is 7.18. The van der Waals surface area contributed by atoms with Gasteiger partial charge in [0.2, 0.25) is 21.5 Å². The number of pyridine rings is 1. The van der Waals surface area contributed by atoms with Crippen molar-refractivity contribution in [3.05, 3.63) is 64.4 Å². The van der Waals surface area contributed by atoms with E-state index in [9.17, 15) is 18.0 Å². The van der Waals surface area contributed by atoms with Crippen molar-refractivity contribution in [1.82, 2.24) is 9.29 Å². The van der Waals surface area contributed by atoms with E-state index in [0.717, 1.165) is 28.6 Å². The van der Waals surface area contributed by atoms with Gasteiger partial charge in [-0.2, -0.15) is 4.31 Å². The first-order valence-electron chi connectivity index (χ1n) is 10.4. The van der Waals surface area contributed by atoms with Gasteiger partial charge in [0.25, 0.3) is 0 Å². The number of rotatable bonds is 8. The number of H-pyrrole nitrogens is 1. The Labute approximate surface area is 187 Å². The molecule has 0 aliphatic rings. The fourth-order valence-corrected chi connectivity index (χ4v) is 4.69. The lowest BCUT2D eigenvalue weighted by molar-refractivity contribution is -0.116. The molecule has 1 aromatic heterocycles. The number of sulfonamides is 1. The molecule has 0 fully saturated rings. The predicted octanol–water partition coefficient (Wildman–Crippen LogP) is 2.94. The maximum absolute atomic E-state index is 13.0. The predicted molar refractivity (Wildman–Crippen MR) is 128 cm³/mol. The van der Waals surface area contributed by atoms with E-state index >= 15 is 0 Å². The van der Waals surface area contributed by atoms with Crippen LogP contribution in [0.25, 0.3) is 10.9 Å². The summed E-state index contributed by atoms with van der Waals surface area (Å²) < 4.78 is 26.9. The SMILES string of the molecule is CCN(CC)c1ccc(NC(=O)CN(C)S(=O)(=O)c2ccc3[nH]c(=O)ccc3c2)c(C)c1. The zero-order valence-electron chi connectivity index (χ0n) is 18.7. The molecule has 0 spiro atoms. The second kappa shape index (κ2) is 9.54. The lowest BCUT2D eigenvalue weighted by Gasteiger charge is -2.22. The molecule has 0 atom stereocenters. The minimum atomic E-state index is -3.89. The highest BCUT2D eigenvalue weighted by Crippen LogP contribution is 2.23. The summed E-state index contributed by atoms with van der Waals surface area (Å²) in [5.74, 6) is -0.431. The third-order valence-electron chi connectivity index (χ3n) is 5.38. The first kappa shape index (κ1) is 23.5. The zero-order valence-corrected chi connectivity index (χ0v) is 19.5. The lowest BCUT2D eigenvalue weighted by atomic mass is 10.1. The molecule has 0 radical (unpaired) electrons. The van der Waals surface area contributed by atoms with Gasteiger partial charge in [-0.25, -0.2) is 8.42 Å². The number of benzene rings is 2. The molecule has 1 amide bonds. The number of amides is 1. The van der Waals surface area contributed by atoms with Crippen LogP contribution in [0.2, 0.25) is 0 Å². The van der Waals surface area contributed by atoms with Crippen LogP contribution in [-0.2, 0) is 14.8 Å².